The fourth-order valence-electron chi connectivity index (χ4n) is 4.08. The van der Waals surface area contributed by atoms with Crippen LogP contribution in [0.3, 0.4) is 0 Å². The predicted octanol–water partition coefficient (Wildman–Crippen LogP) is 3.92. The van der Waals surface area contributed by atoms with Gasteiger partial charge in [-0.2, -0.15) is 13.2 Å². The predicted molar refractivity (Wildman–Crippen MR) is 136 cm³/mol. The number of benzene rings is 1. The molecule has 1 fully saturated rings. The molecule has 1 unspecified atom stereocenters. The minimum atomic E-state index is -5.08. The molecule has 4 rings (SSSR count). The maximum Gasteiger partial charge on any atom is 0.490 e. The molecule has 0 bridgehead atoms. The van der Waals surface area contributed by atoms with Crippen LogP contribution in [0.25, 0.3) is 11.2 Å². The van der Waals surface area contributed by atoms with Crippen molar-refractivity contribution in [3.05, 3.63) is 40.4 Å². The average molecular weight is 573 g/mol. The molecule has 39 heavy (non-hydrogen) atoms. The molecule has 1 aliphatic rings. The number of carbonyl (C=O) groups excluding carboxylic acids is 1. The van der Waals surface area contributed by atoms with Crippen molar-refractivity contribution < 1.29 is 37.3 Å². The van der Waals surface area contributed by atoms with E-state index in [0.717, 1.165) is 22.4 Å². The van der Waals surface area contributed by atoms with Gasteiger partial charge in [-0.1, -0.05) is 11.6 Å². The Kier molecular flexibility index (Phi) is 9.56. The lowest BCUT2D eigenvalue weighted by atomic mass is 9.95. The van der Waals surface area contributed by atoms with Crippen molar-refractivity contribution in [2.24, 2.45) is 0 Å². The minimum Gasteiger partial charge on any atom is -0.496 e. The van der Waals surface area contributed by atoms with Gasteiger partial charge in [0.25, 0.3) is 0 Å². The average Bonchev–Trinajstić information content (AvgIpc) is 3.36. The highest BCUT2D eigenvalue weighted by atomic mass is 35.5. The third-order valence-electron chi connectivity index (χ3n) is 5.99. The topological polar surface area (TPSA) is 143 Å². The molecule has 3 heterocycles. The largest absolute Gasteiger partial charge is 0.496 e. The Morgan fingerprint density at radius 3 is 2.67 bits per heavy atom. The number of rotatable bonds is 7. The molecule has 1 saturated heterocycles. The van der Waals surface area contributed by atoms with Gasteiger partial charge in [-0.3, -0.25) is 4.79 Å². The van der Waals surface area contributed by atoms with Crippen LogP contribution in [0.4, 0.5) is 19.0 Å². The molecule has 15 heteroatoms. The maximum absolute atomic E-state index is 12.3. The van der Waals surface area contributed by atoms with Crippen LogP contribution < -0.4 is 10.1 Å². The molecule has 0 aliphatic carbocycles. The second-order valence-corrected chi connectivity index (χ2v) is 9.24. The van der Waals surface area contributed by atoms with E-state index in [9.17, 15) is 18.0 Å². The van der Waals surface area contributed by atoms with Crippen LogP contribution in [0, 0.1) is 6.92 Å². The van der Waals surface area contributed by atoms with Crippen LogP contribution in [0.2, 0.25) is 5.02 Å². The Balaban J connectivity index is 0.000000532. The number of imidazole rings is 1. The molecule has 2 aromatic heterocycles. The molecule has 0 spiro atoms. The third-order valence-corrected chi connectivity index (χ3v) is 6.38. The first-order valence-corrected chi connectivity index (χ1v) is 12.2. The number of methoxy groups -OCH3 is 1. The number of ether oxygens (including phenoxy) is 2. The van der Waals surface area contributed by atoms with Gasteiger partial charge in [0.05, 0.1) is 20.0 Å². The Morgan fingerprint density at radius 1 is 1.36 bits per heavy atom. The van der Waals surface area contributed by atoms with Crippen molar-refractivity contribution in [2.45, 2.75) is 45.5 Å². The van der Waals surface area contributed by atoms with Gasteiger partial charge in [0.15, 0.2) is 11.5 Å². The number of nitrogens with zero attached hydrogens (tertiary/aromatic N) is 4. The number of anilines is 1. The van der Waals surface area contributed by atoms with Crippen molar-refractivity contribution >= 4 is 40.5 Å². The highest BCUT2D eigenvalue weighted by Gasteiger charge is 2.38. The van der Waals surface area contributed by atoms with Crippen LogP contribution in [0.1, 0.15) is 36.6 Å². The molecule has 3 aromatic rings. The van der Waals surface area contributed by atoms with Gasteiger partial charge in [-0.25, -0.2) is 19.7 Å². The molecular formula is C24H28ClF3N6O5. The summed E-state index contributed by atoms with van der Waals surface area (Å²) < 4.78 is 43.5. The van der Waals surface area contributed by atoms with E-state index >= 15 is 0 Å². The second kappa shape index (κ2) is 12.5. The number of carbonyl (C=O) groups is 2. The Hall–Kier alpha value is -3.65. The maximum atomic E-state index is 12.3. The zero-order valence-electron chi connectivity index (χ0n) is 21.6. The molecule has 1 atom stereocenters. The lowest BCUT2D eigenvalue weighted by Crippen LogP contribution is -2.46. The molecule has 212 valence electrons. The minimum absolute atomic E-state index is 0.00569. The van der Waals surface area contributed by atoms with Crippen molar-refractivity contribution in [1.29, 1.82) is 0 Å². The van der Waals surface area contributed by atoms with Gasteiger partial charge < -0.3 is 29.8 Å². The summed E-state index contributed by atoms with van der Waals surface area (Å²) in [5.74, 6) is -1.36. The number of morpholine rings is 1. The molecule has 0 radical (unpaired) electrons. The Labute approximate surface area is 226 Å². The normalized spacial score (nSPS) is 15.8. The fraction of sp³-hybridized carbons (Fsp3) is 0.458. The third kappa shape index (κ3) is 7.06. The number of carboxylic acid groups (broad SMARTS) is 1. The first-order chi connectivity index (χ1) is 18.3. The SMILES string of the molecule is COc1c(CCNc2ncnc3[nH]cnc23)cc(Cl)c(C)c1C1CN(C(C)C)C(=O)CO1.O=C(O)C(F)(F)F. The van der Waals surface area contributed by atoms with E-state index in [-0.39, 0.29) is 24.7 Å². The van der Waals surface area contributed by atoms with Gasteiger partial charge in [0.1, 0.15) is 30.3 Å². The number of aromatic nitrogens is 4. The first-order valence-electron chi connectivity index (χ1n) is 11.8. The summed E-state index contributed by atoms with van der Waals surface area (Å²) in [6, 6.07) is 2.02. The van der Waals surface area contributed by atoms with E-state index in [0.29, 0.717) is 41.5 Å². The summed E-state index contributed by atoms with van der Waals surface area (Å²) in [5.41, 5.74) is 4.12. The van der Waals surface area contributed by atoms with E-state index in [1.807, 2.05) is 31.7 Å². The van der Waals surface area contributed by atoms with E-state index in [4.69, 9.17) is 31.0 Å². The van der Waals surface area contributed by atoms with Crippen LogP contribution in [-0.2, 0) is 20.7 Å². The molecule has 1 aromatic carbocycles. The number of aromatic amines is 1. The second-order valence-electron chi connectivity index (χ2n) is 8.83. The number of carboxylic acids is 1. The number of halogens is 4. The summed E-state index contributed by atoms with van der Waals surface area (Å²) in [5, 5.41) is 11.1. The molecule has 0 saturated carbocycles. The van der Waals surface area contributed by atoms with E-state index < -0.39 is 12.1 Å². The highest BCUT2D eigenvalue weighted by molar-refractivity contribution is 6.31. The molecule has 1 aliphatic heterocycles. The van der Waals surface area contributed by atoms with E-state index in [2.05, 4.69) is 25.3 Å². The Morgan fingerprint density at radius 2 is 2.05 bits per heavy atom. The monoisotopic (exact) mass is 572 g/mol. The van der Waals surface area contributed by atoms with Crippen LogP contribution in [-0.4, -0.2) is 80.8 Å². The van der Waals surface area contributed by atoms with Crippen LogP contribution in [0.15, 0.2) is 18.7 Å². The van der Waals surface area contributed by atoms with Crippen molar-refractivity contribution in [2.75, 3.05) is 32.1 Å². The van der Waals surface area contributed by atoms with Crippen molar-refractivity contribution in [3.8, 4) is 5.75 Å². The van der Waals surface area contributed by atoms with Crippen LogP contribution in [0.5, 0.6) is 5.75 Å². The summed E-state index contributed by atoms with van der Waals surface area (Å²) in [4.78, 5) is 38.7. The number of hydrogen-bond donors (Lipinski definition) is 3. The zero-order valence-corrected chi connectivity index (χ0v) is 22.4. The first kappa shape index (κ1) is 29.9. The van der Waals surface area contributed by atoms with Gasteiger partial charge in [0.2, 0.25) is 5.91 Å². The van der Waals surface area contributed by atoms with Gasteiger partial charge >= 0.3 is 12.1 Å². The number of alkyl halides is 3. The van der Waals surface area contributed by atoms with Gasteiger partial charge in [-0.05, 0) is 44.4 Å². The van der Waals surface area contributed by atoms with Crippen molar-refractivity contribution in [3.63, 3.8) is 0 Å². The zero-order chi connectivity index (χ0) is 28.9. The number of fused-ring (bicyclic) bond motifs is 1. The lowest BCUT2D eigenvalue weighted by Gasteiger charge is -2.37. The summed E-state index contributed by atoms with van der Waals surface area (Å²) in [6.45, 7) is 7.06. The number of amides is 1. The molecular weight excluding hydrogens is 545 g/mol. The summed E-state index contributed by atoms with van der Waals surface area (Å²) in [6.07, 6.45) is -1.66. The van der Waals surface area contributed by atoms with Crippen LogP contribution >= 0.6 is 11.6 Å². The Bertz CT molecular complexity index is 1330. The molecule has 3 N–H and O–H groups in total. The molecule has 11 nitrogen and oxygen atoms in total. The standard InChI is InChI=1S/C22H27ClN6O3.C2HF3O2/c1-12(2)29-8-16(32-9-17(29)30)18-13(3)15(23)7-14(20(18)31-4)5-6-24-21-19-22(26-10-25-19)28-11-27-21;3-2(4,5)1(6)7/h7,10-12,16H,5-6,8-9H2,1-4H3,(H2,24,25,26,27,28);(H,6,7). The van der Waals surface area contributed by atoms with Gasteiger partial charge in [0, 0.05) is 23.2 Å². The summed E-state index contributed by atoms with van der Waals surface area (Å²) in [7, 11) is 1.65. The number of aliphatic carboxylic acids is 1. The summed E-state index contributed by atoms with van der Waals surface area (Å²) >= 11 is 6.61. The number of hydrogen-bond acceptors (Lipinski definition) is 8. The quantitative estimate of drug-likeness (QED) is 0.384. The lowest BCUT2D eigenvalue weighted by molar-refractivity contribution is -0.192. The number of H-pyrrole nitrogens is 1. The number of nitrogens with one attached hydrogen (secondary N) is 2. The smallest absolute Gasteiger partial charge is 0.490 e. The van der Waals surface area contributed by atoms with E-state index in [1.54, 1.807) is 13.4 Å². The highest BCUT2D eigenvalue weighted by Crippen LogP contribution is 2.40. The van der Waals surface area contributed by atoms with E-state index in [1.165, 1.54) is 6.33 Å². The van der Waals surface area contributed by atoms with Crippen molar-refractivity contribution in [1.82, 2.24) is 24.8 Å². The van der Waals surface area contributed by atoms with Gasteiger partial charge in [-0.15, -0.1) is 0 Å². The fourth-order valence-corrected chi connectivity index (χ4v) is 4.32. The molecule has 1 amide bonds.